The lowest BCUT2D eigenvalue weighted by molar-refractivity contribution is -0.227. The molecule has 2 aliphatic heterocycles. The minimum Gasteiger partial charge on any atom is -0.429 e. The molecule has 0 saturated carbocycles. The molecular weight excluding hydrogens is 485 g/mol. The van der Waals surface area contributed by atoms with Gasteiger partial charge in [-0.3, -0.25) is 0 Å². The van der Waals surface area contributed by atoms with Gasteiger partial charge < -0.3 is 18.9 Å². The van der Waals surface area contributed by atoms with Gasteiger partial charge in [0.15, 0.2) is 6.29 Å². The summed E-state index contributed by atoms with van der Waals surface area (Å²) in [6.07, 6.45) is -3.88. The third-order valence-corrected chi connectivity index (χ3v) is 6.47. The first kappa shape index (κ1) is 25.2. The minimum absolute atomic E-state index is 0.0427. The van der Waals surface area contributed by atoms with Gasteiger partial charge in [0.05, 0.1) is 19.3 Å². The zero-order valence-electron chi connectivity index (χ0n) is 18.1. The van der Waals surface area contributed by atoms with E-state index in [0.717, 1.165) is 12.8 Å². The summed E-state index contributed by atoms with van der Waals surface area (Å²) in [6.45, 7) is 3.17. The van der Waals surface area contributed by atoms with Crippen molar-refractivity contribution >= 4 is 14.5 Å². The molecule has 0 amide bonds. The molecule has 11 heteroatoms. The molecule has 0 spiro atoms. The molecule has 0 aromatic heterocycles. The molecule has 2 aromatic carbocycles. The Morgan fingerprint density at radius 3 is 1.97 bits per heavy atom. The van der Waals surface area contributed by atoms with Crippen LogP contribution >= 0.6 is 9.24 Å². The first-order valence-corrected chi connectivity index (χ1v) is 11.3. The number of ether oxygens (including phenoxy) is 4. The quantitative estimate of drug-likeness (QED) is 0.403. The van der Waals surface area contributed by atoms with Crippen LogP contribution in [-0.4, -0.2) is 25.9 Å². The maximum Gasteiger partial charge on any atom is 0.432 e. The molecule has 186 valence electrons. The van der Waals surface area contributed by atoms with Gasteiger partial charge in [0, 0.05) is 35.5 Å². The molecule has 2 saturated heterocycles. The van der Waals surface area contributed by atoms with Gasteiger partial charge in [-0.15, -0.1) is 0 Å². The Hall–Kier alpha value is -1.87. The normalized spacial score (nSPS) is 25.9. The fraction of sp³-hybridized carbons (Fsp3) is 0.478. The second-order valence-electron chi connectivity index (χ2n) is 8.59. The first-order valence-electron chi connectivity index (χ1n) is 10.7. The minimum atomic E-state index is -4.55. The summed E-state index contributed by atoms with van der Waals surface area (Å²) < 4.78 is 107. The Balaban J connectivity index is 1.47. The second-order valence-corrected chi connectivity index (χ2v) is 9.17. The van der Waals surface area contributed by atoms with Crippen LogP contribution in [0.2, 0.25) is 0 Å². The van der Waals surface area contributed by atoms with Crippen molar-refractivity contribution in [3.05, 3.63) is 58.7 Å². The van der Waals surface area contributed by atoms with E-state index in [1.54, 1.807) is 9.24 Å². The van der Waals surface area contributed by atoms with Crippen LogP contribution in [0.5, 0.6) is 5.75 Å². The first-order chi connectivity index (χ1) is 16.0. The summed E-state index contributed by atoms with van der Waals surface area (Å²) in [5.41, 5.74) is -1.83. The maximum absolute atomic E-state index is 14.6. The van der Waals surface area contributed by atoms with Gasteiger partial charge in [-0.2, -0.15) is 8.78 Å². The summed E-state index contributed by atoms with van der Waals surface area (Å²) in [5, 5.41) is -0.489. The smallest absolute Gasteiger partial charge is 0.429 e. The van der Waals surface area contributed by atoms with E-state index in [1.807, 2.05) is 0 Å². The molecule has 0 bridgehead atoms. The standard InChI is InChI=1S/C23H23F6O4P/c1-11-2-3-19(30-8-11)13-9-31-22(32-10-13)12-4-15(24)20(16(25)5-12)23(28,29)33-14-6-17(26)21(34)18(27)7-14/h4-7,11,13,19,22H,2-3,8-10,34H2,1H3. The Morgan fingerprint density at radius 2 is 1.44 bits per heavy atom. The van der Waals surface area contributed by atoms with Crippen LogP contribution in [-0.2, 0) is 20.3 Å². The number of alkyl halides is 2. The van der Waals surface area contributed by atoms with Crippen LogP contribution in [0.4, 0.5) is 26.3 Å². The fourth-order valence-corrected chi connectivity index (χ4v) is 4.19. The van der Waals surface area contributed by atoms with Crippen LogP contribution in [0.1, 0.15) is 37.2 Å². The molecule has 3 atom stereocenters. The van der Waals surface area contributed by atoms with E-state index >= 15 is 0 Å². The Kier molecular flexibility index (Phi) is 7.43. The van der Waals surface area contributed by atoms with Crippen LogP contribution in [0.25, 0.3) is 0 Å². The van der Waals surface area contributed by atoms with Gasteiger partial charge in [0.2, 0.25) is 0 Å². The fourth-order valence-electron chi connectivity index (χ4n) is 4.03. The van der Waals surface area contributed by atoms with Gasteiger partial charge in [0.1, 0.15) is 34.6 Å². The average molecular weight is 508 g/mol. The van der Waals surface area contributed by atoms with Gasteiger partial charge >= 0.3 is 6.11 Å². The zero-order valence-corrected chi connectivity index (χ0v) is 19.3. The predicted molar refractivity (Wildman–Crippen MR) is 113 cm³/mol. The van der Waals surface area contributed by atoms with Crippen molar-refractivity contribution in [3.63, 3.8) is 0 Å². The Bertz CT molecular complexity index is 990. The van der Waals surface area contributed by atoms with Gasteiger partial charge in [0.25, 0.3) is 0 Å². The van der Waals surface area contributed by atoms with Crippen LogP contribution in [0.15, 0.2) is 24.3 Å². The van der Waals surface area contributed by atoms with Gasteiger partial charge in [-0.1, -0.05) is 16.2 Å². The number of hydrogen-bond acceptors (Lipinski definition) is 4. The lowest BCUT2D eigenvalue weighted by Gasteiger charge is -2.37. The molecule has 2 heterocycles. The van der Waals surface area contributed by atoms with Crippen molar-refractivity contribution in [2.24, 2.45) is 11.8 Å². The second kappa shape index (κ2) is 10.0. The average Bonchev–Trinajstić information content (AvgIpc) is 2.77. The molecule has 0 radical (unpaired) electrons. The lowest BCUT2D eigenvalue weighted by atomic mass is 9.92. The van der Waals surface area contributed by atoms with Crippen molar-refractivity contribution in [3.8, 4) is 5.75 Å². The molecule has 4 rings (SSSR count). The van der Waals surface area contributed by atoms with Crippen molar-refractivity contribution in [1.82, 2.24) is 0 Å². The van der Waals surface area contributed by atoms with Crippen molar-refractivity contribution in [2.75, 3.05) is 19.8 Å². The highest BCUT2D eigenvalue weighted by atomic mass is 31.0. The van der Waals surface area contributed by atoms with Gasteiger partial charge in [-0.25, -0.2) is 17.6 Å². The highest BCUT2D eigenvalue weighted by Crippen LogP contribution is 2.38. The maximum atomic E-state index is 14.6. The summed E-state index contributed by atoms with van der Waals surface area (Å²) in [6, 6.07) is 2.29. The van der Waals surface area contributed by atoms with E-state index in [1.165, 1.54) is 0 Å². The molecule has 4 nitrogen and oxygen atoms in total. The summed E-state index contributed by atoms with van der Waals surface area (Å²) in [4.78, 5) is 0. The molecule has 2 aliphatic rings. The van der Waals surface area contributed by atoms with Crippen LogP contribution in [0.3, 0.4) is 0 Å². The van der Waals surface area contributed by atoms with Crippen molar-refractivity contribution < 1.29 is 45.3 Å². The van der Waals surface area contributed by atoms with E-state index in [4.69, 9.17) is 14.2 Å². The molecule has 34 heavy (non-hydrogen) atoms. The van der Waals surface area contributed by atoms with E-state index in [0.29, 0.717) is 36.8 Å². The van der Waals surface area contributed by atoms with Crippen molar-refractivity contribution in [2.45, 2.75) is 38.3 Å². The molecule has 0 aliphatic carbocycles. The Labute approximate surface area is 194 Å². The number of hydrogen-bond donors (Lipinski definition) is 0. The summed E-state index contributed by atoms with van der Waals surface area (Å²) in [7, 11) is 1.76. The van der Waals surface area contributed by atoms with E-state index in [-0.39, 0.29) is 30.8 Å². The van der Waals surface area contributed by atoms with E-state index in [9.17, 15) is 26.3 Å². The highest BCUT2D eigenvalue weighted by Gasteiger charge is 2.42. The van der Waals surface area contributed by atoms with Crippen LogP contribution < -0.4 is 10.0 Å². The number of halogens is 6. The number of rotatable bonds is 5. The molecule has 2 aromatic rings. The third kappa shape index (κ3) is 5.35. The zero-order chi connectivity index (χ0) is 24.6. The van der Waals surface area contributed by atoms with Crippen molar-refractivity contribution in [1.29, 1.82) is 0 Å². The van der Waals surface area contributed by atoms with E-state index in [2.05, 4.69) is 11.7 Å². The predicted octanol–water partition coefficient (Wildman–Crippen LogP) is 5.35. The topological polar surface area (TPSA) is 36.9 Å². The molecule has 3 unspecified atom stereocenters. The van der Waals surface area contributed by atoms with E-state index < -0.39 is 52.3 Å². The molecule has 2 fully saturated rings. The van der Waals surface area contributed by atoms with Crippen LogP contribution in [0, 0.1) is 35.1 Å². The number of benzene rings is 2. The summed E-state index contributed by atoms with van der Waals surface area (Å²) in [5.74, 6) is -6.10. The molecule has 0 N–H and O–H groups in total. The lowest BCUT2D eigenvalue weighted by Crippen LogP contribution is -2.39. The highest BCUT2D eigenvalue weighted by molar-refractivity contribution is 7.27. The van der Waals surface area contributed by atoms with Gasteiger partial charge in [-0.05, 0) is 30.9 Å². The Morgan fingerprint density at radius 1 is 0.853 bits per heavy atom. The largest absolute Gasteiger partial charge is 0.432 e. The monoisotopic (exact) mass is 508 g/mol. The SMILES string of the molecule is CC1CCC(C2COC(c3cc(F)c(C(F)(F)Oc4cc(F)c(P)c(F)c4)c(F)c3)OC2)OC1. The third-order valence-electron chi connectivity index (χ3n) is 5.91. The molecular formula is C23H23F6O4P. The summed E-state index contributed by atoms with van der Waals surface area (Å²) >= 11 is 0.